The van der Waals surface area contributed by atoms with Crippen molar-refractivity contribution < 1.29 is 9.47 Å². The van der Waals surface area contributed by atoms with Crippen LogP contribution >= 0.6 is 11.6 Å². The van der Waals surface area contributed by atoms with Crippen LogP contribution in [0.5, 0.6) is 11.5 Å². The molecule has 3 nitrogen and oxygen atoms in total. The molecule has 138 valence electrons. The first-order chi connectivity index (χ1) is 13.2. The standard InChI is InChI=1S/C23H22ClNO2/c1-26-20-9-10-22-17(13-20)11-12-25-23(22)18-3-2-4-21(14-18)27-15-16-5-7-19(24)8-6-16/h2-10,13-14,23,25H,11-12,15H2,1H3. The van der Waals surface area contributed by atoms with Gasteiger partial charge in [0.05, 0.1) is 13.2 Å². The van der Waals surface area contributed by atoms with Gasteiger partial charge in [-0.1, -0.05) is 41.9 Å². The fourth-order valence-electron chi connectivity index (χ4n) is 3.50. The number of hydrogen-bond acceptors (Lipinski definition) is 3. The third-order valence-corrected chi connectivity index (χ3v) is 5.17. The average molecular weight is 380 g/mol. The monoisotopic (exact) mass is 379 g/mol. The summed E-state index contributed by atoms with van der Waals surface area (Å²) < 4.78 is 11.4. The highest BCUT2D eigenvalue weighted by Gasteiger charge is 2.22. The lowest BCUT2D eigenvalue weighted by atomic mass is 9.89. The summed E-state index contributed by atoms with van der Waals surface area (Å²) in [6.45, 7) is 1.47. The maximum absolute atomic E-state index is 6.00. The Bertz CT molecular complexity index is 924. The molecule has 1 atom stereocenters. The number of rotatable bonds is 5. The van der Waals surface area contributed by atoms with Gasteiger partial charge in [0.25, 0.3) is 0 Å². The van der Waals surface area contributed by atoms with Crippen molar-refractivity contribution in [2.24, 2.45) is 0 Å². The molecule has 0 aromatic heterocycles. The molecule has 0 amide bonds. The topological polar surface area (TPSA) is 30.5 Å². The number of benzene rings is 3. The molecule has 0 saturated heterocycles. The zero-order valence-corrected chi connectivity index (χ0v) is 16.0. The Hall–Kier alpha value is -2.49. The summed E-state index contributed by atoms with van der Waals surface area (Å²) in [5, 5.41) is 4.36. The normalized spacial score (nSPS) is 15.9. The molecule has 4 rings (SSSR count). The van der Waals surface area contributed by atoms with Gasteiger partial charge in [0.1, 0.15) is 18.1 Å². The predicted molar refractivity (Wildman–Crippen MR) is 109 cm³/mol. The van der Waals surface area contributed by atoms with Gasteiger partial charge in [-0.15, -0.1) is 0 Å². The second kappa shape index (κ2) is 8.03. The van der Waals surface area contributed by atoms with Crippen molar-refractivity contribution in [3.63, 3.8) is 0 Å². The van der Waals surface area contributed by atoms with Gasteiger partial charge in [0, 0.05) is 11.6 Å². The van der Waals surface area contributed by atoms with E-state index in [-0.39, 0.29) is 6.04 Å². The third-order valence-electron chi connectivity index (χ3n) is 4.91. The first kappa shape index (κ1) is 17.9. The molecule has 0 spiro atoms. The number of methoxy groups -OCH3 is 1. The molecule has 1 aliphatic heterocycles. The Labute approximate surface area is 164 Å². The van der Waals surface area contributed by atoms with E-state index in [0.717, 1.165) is 35.1 Å². The number of halogens is 1. The van der Waals surface area contributed by atoms with E-state index in [9.17, 15) is 0 Å². The van der Waals surface area contributed by atoms with Gasteiger partial charge in [-0.05, 0) is 65.1 Å². The zero-order chi connectivity index (χ0) is 18.6. The lowest BCUT2D eigenvalue weighted by Crippen LogP contribution is -2.30. The molecule has 0 bridgehead atoms. The Morgan fingerprint density at radius 3 is 2.67 bits per heavy atom. The van der Waals surface area contributed by atoms with Gasteiger partial charge >= 0.3 is 0 Å². The van der Waals surface area contributed by atoms with E-state index in [1.807, 2.05) is 42.5 Å². The molecule has 0 saturated carbocycles. The van der Waals surface area contributed by atoms with Gasteiger partial charge in [-0.3, -0.25) is 0 Å². The minimum Gasteiger partial charge on any atom is -0.497 e. The first-order valence-electron chi connectivity index (χ1n) is 9.10. The first-order valence-corrected chi connectivity index (χ1v) is 9.48. The number of fused-ring (bicyclic) bond motifs is 1. The molecular formula is C23H22ClNO2. The molecule has 1 heterocycles. The smallest absolute Gasteiger partial charge is 0.120 e. The molecule has 0 fully saturated rings. The van der Waals surface area contributed by atoms with Gasteiger partial charge in [-0.25, -0.2) is 0 Å². The Morgan fingerprint density at radius 2 is 1.85 bits per heavy atom. The maximum atomic E-state index is 6.00. The second-order valence-corrected chi connectivity index (χ2v) is 7.13. The minimum absolute atomic E-state index is 0.165. The van der Waals surface area contributed by atoms with Gasteiger partial charge in [0.15, 0.2) is 0 Å². The Morgan fingerprint density at radius 1 is 1.00 bits per heavy atom. The van der Waals surface area contributed by atoms with E-state index in [2.05, 4.69) is 29.6 Å². The maximum Gasteiger partial charge on any atom is 0.120 e. The van der Waals surface area contributed by atoms with Crippen LogP contribution < -0.4 is 14.8 Å². The van der Waals surface area contributed by atoms with Crippen LogP contribution in [0.2, 0.25) is 5.02 Å². The average Bonchev–Trinajstić information content (AvgIpc) is 2.72. The largest absolute Gasteiger partial charge is 0.497 e. The van der Waals surface area contributed by atoms with E-state index in [1.165, 1.54) is 16.7 Å². The highest BCUT2D eigenvalue weighted by molar-refractivity contribution is 6.30. The van der Waals surface area contributed by atoms with E-state index in [0.29, 0.717) is 6.61 Å². The van der Waals surface area contributed by atoms with Crippen LogP contribution in [-0.4, -0.2) is 13.7 Å². The molecule has 3 aromatic rings. The summed E-state index contributed by atoms with van der Waals surface area (Å²) in [4.78, 5) is 0. The summed E-state index contributed by atoms with van der Waals surface area (Å²) in [5.74, 6) is 1.78. The Balaban J connectivity index is 1.54. The molecule has 3 aromatic carbocycles. The highest BCUT2D eigenvalue weighted by Crippen LogP contribution is 2.32. The van der Waals surface area contributed by atoms with Gasteiger partial charge in [0.2, 0.25) is 0 Å². The van der Waals surface area contributed by atoms with Crippen LogP contribution in [0.3, 0.4) is 0 Å². The van der Waals surface area contributed by atoms with Crippen LogP contribution in [0.4, 0.5) is 0 Å². The van der Waals surface area contributed by atoms with Crippen LogP contribution in [0, 0.1) is 0 Å². The van der Waals surface area contributed by atoms with Crippen molar-refractivity contribution in [2.45, 2.75) is 19.1 Å². The summed E-state index contributed by atoms with van der Waals surface area (Å²) in [5.41, 5.74) is 4.94. The summed E-state index contributed by atoms with van der Waals surface area (Å²) >= 11 is 5.94. The zero-order valence-electron chi connectivity index (χ0n) is 15.2. The molecule has 1 aliphatic rings. The third kappa shape index (κ3) is 4.10. The quantitative estimate of drug-likeness (QED) is 0.664. The van der Waals surface area contributed by atoms with Crippen molar-refractivity contribution in [1.82, 2.24) is 5.32 Å². The summed E-state index contributed by atoms with van der Waals surface area (Å²) in [7, 11) is 1.71. The van der Waals surface area contributed by atoms with E-state index in [4.69, 9.17) is 21.1 Å². The van der Waals surface area contributed by atoms with Crippen molar-refractivity contribution in [3.8, 4) is 11.5 Å². The number of nitrogens with one attached hydrogen (secondary N) is 1. The number of hydrogen-bond donors (Lipinski definition) is 1. The van der Waals surface area contributed by atoms with Crippen LogP contribution in [-0.2, 0) is 13.0 Å². The fraction of sp³-hybridized carbons (Fsp3) is 0.217. The molecule has 27 heavy (non-hydrogen) atoms. The predicted octanol–water partition coefficient (Wildman–Crippen LogP) is 5.16. The van der Waals surface area contributed by atoms with E-state index >= 15 is 0 Å². The molecule has 0 aliphatic carbocycles. The highest BCUT2D eigenvalue weighted by atomic mass is 35.5. The number of ether oxygens (including phenoxy) is 2. The SMILES string of the molecule is COc1ccc2c(c1)CCNC2c1cccc(OCc2ccc(Cl)cc2)c1. The molecule has 0 radical (unpaired) electrons. The lowest BCUT2D eigenvalue weighted by molar-refractivity contribution is 0.305. The van der Waals surface area contributed by atoms with Gasteiger partial charge < -0.3 is 14.8 Å². The molecule has 1 unspecified atom stereocenters. The summed E-state index contributed by atoms with van der Waals surface area (Å²) in [6, 6.07) is 22.5. The van der Waals surface area contributed by atoms with Crippen molar-refractivity contribution in [2.75, 3.05) is 13.7 Å². The fourth-order valence-corrected chi connectivity index (χ4v) is 3.62. The van der Waals surface area contributed by atoms with E-state index in [1.54, 1.807) is 7.11 Å². The van der Waals surface area contributed by atoms with E-state index < -0.39 is 0 Å². The van der Waals surface area contributed by atoms with Crippen LogP contribution in [0.25, 0.3) is 0 Å². The molecular weight excluding hydrogens is 358 g/mol. The second-order valence-electron chi connectivity index (χ2n) is 6.69. The Kier molecular flexibility index (Phi) is 5.33. The van der Waals surface area contributed by atoms with Crippen molar-refractivity contribution >= 4 is 11.6 Å². The lowest BCUT2D eigenvalue weighted by Gasteiger charge is -2.28. The van der Waals surface area contributed by atoms with Crippen molar-refractivity contribution in [3.05, 3.63) is 94.0 Å². The minimum atomic E-state index is 0.165. The van der Waals surface area contributed by atoms with Gasteiger partial charge in [-0.2, -0.15) is 0 Å². The molecule has 1 N–H and O–H groups in total. The molecule has 4 heteroatoms. The van der Waals surface area contributed by atoms with Crippen molar-refractivity contribution in [1.29, 1.82) is 0 Å². The summed E-state index contributed by atoms with van der Waals surface area (Å²) in [6.07, 6.45) is 1.01. The van der Waals surface area contributed by atoms with Crippen LogP contribution in [0.1, 0.15) is 28.3 Å². The van der Waals surface area contributed by atoms with Crippen LogP contribution in [0.15, 0.2) is 66.7 Å².